The van der Waals surface area contributed by atoms with Crippen molar-refractivity contribution in [3.8, 4) is 5.75 Å². The molecule has 1 amide bonds. The van der Waals surface area contributed by atoms with Gasteiger partial charge in [0.1, 0.15) is 11.9 Å². The number of carbonyl (C=O) groups is 1. The summed E-state index contributed by atoms with van der Waals surface area (Å²) >= 11 is 0. The first-order valence-corrected chi connectivity index (χ1v) is 8.56. The molecule has 0 spiro atoms. The third-order valence-corrected chi connectivity index (χ3v) is 4.27. The molecule has 0 bridgehead atoms. The molecule has 7 heteroatoms. The predicted molar refractivity (Wildman–Crippen MR) is 95.2 cm³/mol. The molecule has 0 aliphatic carbocycles. The Morgan fingerprint density at radius 3 is 2.85 bits per heavy atom. The topological polar surface area (TPSA) is 82.0 Å². The van der Waals surface area contributed by atoms with E-state index < -0.39 is 6.10 Å². The molecule has 2 aliphatic heterocycles. The molecular weight excluding hydrogens is 334 g/mol. The number of nitrogens with one attached hydrogen (secondary N) is 1. The van der Waals surface area contributed by atoms with E-state index in [0.717, 1.165) is 30.1 Å². The van der Waals surface area contributed by atoms with Crippen LogP contribution in [0.15, 0.2) is 53.9 Å². The molecular formula is C19H19N3O4. The van der Waals surface area contributed by atoms with Crippen molar-refractivity contribution in [2.45, 2.75) is 25.0 Å². The molecule has 3 heterocycles. The molecule has 7 nitrogen and oxygen atoms in total. The highest BCUT2D eigenvalue weighted by Crippen LogP contribution is 2.21. The van der Waals surface area contributed by atoms with Crippen LogP contribution in [-0.4, -0.2) is 42.0 Å². The van der Waals surface area contributed by atoms with E-state index in [9.17, 15) is 4.79 Å². The van der Waals surface area contributed by atoms with Crippen LogP contribution in [0.4, 0.5) is 5.69 Å². The van der Waals surface area contributed by atoms with Crippen molar-refractivity contribution in [3.05, 3.63) is 54.4 Å². The van der Waals surface area contributed by atoms with Gasteiger partial charge in [-0.3, -0.25) is 9.78 Å². The lowest BCUT2D eigenvalue weighted by Gasteiger charge is -2.13. The molecule has 1 saturated heterocycles. The molecule has 26 heavy (non-hydrogen) atoms. The van der Waals surface area contributed by atoms with Crippen LogP contribution < -0.4 is 10.1 Å². The summed E-state index contributed by atoms with van der Waals surface area (Å²) in [6.07, 6.45) is 4.17. The van der Waals surface area contributed by atoms with Crippen molar-refractivity contribution < 1.29 is 19.1 Å². The number of aromatic nitrogens is 1. The molecule has 2 aromatic rings. The fourth-order valence-corrected chi connectivity index (χ4v) is 2.86. The van der Waals surface area contributed by atoms with Crippen LogP contribution >= 0.6 is 0 Å². The summed E-state index contributed by atoms with van der Waals surface area (Å²) in [6, 6.07) is 11.0. The molecule has 134 valence electrons. The van der Waals surface area contributed by atoms with E-state index >= 15 is 0 Å². The van der Waals surface area contributed by atoms with Crippen molar-refractivity contribution in [1.29, 1.82) is 0 Å². The average Bonchev–Trinajstić information content (AvgIpc) is 3.36. The zero-order valence-corrected chi connectivity index (χ0v) is 14.1. The zero-order valence-electron chi connectivity index (χ0n) is 14.1. The van der Waals surface area contributed by atoms with Gasteiger partial charge in [0.25, 0.3) is 5.91 Å². The maximum absolute atomic E-state index is 12.4. The van der Waals surface area contributed by atoms with Gasteiger partial charge in [0, 0.05) is 36.5 Å². The Bertz CT molecular complexity index is 786. The summed E-state index contributed by atoms with van der Waals surface area (Å²) in [5.74, 6) is 0.531. The third-order valence-electron chi connectivity index (χ3n) is 4.27. The summed E-state index contributed by atoms with van der Waals surface area (Å²) in [4.78, 5) is 21.7. The quantitative estimate of drug-likeness (QED) is 0.892. The minimum atomic E-state index is -0.642. The Morgan fingerprint density at radius 1 is 1.23 bits per heavy atom. The SMILES string of the molecule is O=C(Nc1ccc(O[C@@H]2CCOC2)cc1)[C@H]1CC(c2cccnc2)=NO1. The minimum Gasteiger partial charge on any atom is -0.488 e. The Labute approximate surface area is 151 Å². The Balaban J connectivity index is 1.31. The van der Waals surface area contributed by atoms with E-state index in [1.807, 2.05) is 24.3 Å². The van der Waals surface area contributed by atoms with E-state index in [-0.39, 0.29) is 12.0 Å². The molecule has 1 aromatic carbocycles. The second-order valence-electron chi connectivity index (χ2n) is 6.19. The Kier molecular flexibility index (Phi) is 4.79. The zero-order chi connectivity index (χ0) is 17.8. The van der Waals surface area contributed by atoms with Crippen molar-refractivity contribution >= 4 is 17.3 Å². The maximum atomic E-state index is 12.4. The summed E-state index contributed by atoms with van der Waals surface area (Å²) in [7, 11) is 0. The van der Waals surface area contributed by atoms with Crippen LogP contribution in [0.5, 0.6) is 5.75 Å². The van der Waals surface area contributed by atoms with Gasteiger partial charge >= 0.3 is 0 Å². The van der Waals surface area contributed by atoms with Crippen LogP contribution in [0.1, 0.15) is 18.4 Å². The monoisotopic (exact) mass is 353 g/mol. The van der Waals surface area contributed by atoms with Gasteiger partial charge in [-0.2, -0.15) is 0 Å². The van der Waals surface area contributed by atoms with Gasteiger partial charge in [-0.15, -0.1) is 0 Å². The molecule has 1 aromatic heterocycles. The number of hydrogen-bond donors (Lipinski definition) is 1. The Hall–Kier alpha value is -2.93. The number of benzene rings is 1. The molecule has 1 fully saturated rings. The van der Waals surface area contributed by atoms with E-state index in [2.05, 4.69) is 15.5 Å². The highest BCUT2D eigenvalue weighted by atomic mass is 16.6. The normalized spacial score (nSPS) is 21.8. The molecule has 1 N–H and O–H groups in total. The van der Waals surface area contributed by atoms with E-state index in [0.29, 0.717) is 18.7 Å². The van der Waals surface area contributed by atoms with Gasteiger partial charge in [0.15, 0.2) is 0 Å². The summed E-state index contributed by atoms with van der Waals surface area (Å²) in [5.41, 5.74) is 2.27. The van der Waals surface area contributed by atoms with E-state index in [4.69, 9.17) is 14.3 Å². The number of rotatable bonds is 5. The Morgan fingerprint density at radius 2 is 2.12 bits per heavy atom. The number of pyridine rings is 1. The molecule has 4 rings (SSSR count). The van der Waals surface area contributed by atoms with Crippen LogP contribution in [0.25, 0.3) is 0 Å². The lowest BCUT2D eigenvalue weighted by molar-refractivity contribution is -0.125. The summed E-state index contributed by atoms with van der Waals surface area (Å²) in [6.45, 7) is 1.36. The van der Waals surface area contributed by atoms with Gasteiger partial charge in [0.2, 0.25) is 6.10 Å². The maximum Gasteiger partial charge on any atom is 0.268 e. The largest absolute Gasteiger partial charge is 0.488 e. The van der Waals surface area contributed by atoms with Crippen LogP contribution in [-0.2, 0) is 14.4 Å². The molecule has 2 aliphatic rings. The van der Waals surface area contributed by atoms with Crippen molar-refractivity contribution in [3.63, 3.8) is 0 Å². The highest BCUT2D eigenvalue weighted by Gasteiger charge is 2.29. The number of nitrogens with zero attached hydrogens (tertiary/aromatic N) is 2. The van der Waals surface area contributed by atoms with Gasteiger partial charge in [-0.25, -0.2) is 0 Å². The first-order chi connectivity index (χ1) is 12.8. The summed E-state index contributed by atoms with van der Waals surface area (Å²) < 4.78 is 11.1. The number of anilines is 1. The lowest BCUT2D eigenvalue weighted by atomic mass is 10.1. The van der Waals surface area contributed by atoms with Crippen molar-refractivity contribution in [1.82, 2.24) is 4.98 Å². The van der Waals surface area contributed by atoms with Crippen molar-refractivity contribution in [2.75, 3.05) is 18.5 Å². The fourth-order valence-electron chi connectivity index (χ4n) is 2.86. The first kappa shape index (κ1) is 16.5. The molecule has 0 radical (unpaired) electrons. The fraction of sp³-hybridized carbons (Fsp3) is 0.316. The standard InChI is InChI=1S/C19H19N3O4/c23-19(18-10-17(22-26-18)13-2-1-8-20-11-13)21-14-3-5-15(6-4-14)25-16-7-9-24-12-16/h1-6,8,11,16,18H,7,9-10,12H2,(H,21,23)/t16-,18-/m1/s1. The lowest BCUT2D eigenvalue weighted by Crippen LogP contribution is -2.28. The first-order valence-electron chi connectivity index (χ1n) is 8.56. The number of hydrogen-bond acceptors (Lipinski definition) is 6. The van der Waals surface area contributed by atoms with Crippen molar-refractivity contribution in [2.24, 2.45) is 5.16 Å². The van der Waals surface area contributed by atoms with Gasteiger partial charge in [-0.1, -0.05) is 5.16 Å². The number of ether oxygens (including phenoxy) is 2. The molecule has 0 unspecified atom stereocenters. The van der Waals surface area contributed by atoms with E-state index in [1.165, 1.54) is 0 Å². The highest BCUT2D eigenvalue weighted by molar-refractivity contribution is 6.05. The molecule has 0 saturated carbocycles. The summed E-state index contributed by atoms with van der Waals surface area (Å²) in [5, 5.41) is 6.85. The van der Waals surface area contributed by atoms with Gasteiger partial charge in [0.05, 0.1) is 18.9 Å². The number of amides is 1. The number of oxime groups is 1. The second kappa shape index (κ2) is 7.53. The molecule has 2 atom stereocenters. The van der Waals surface area contributed by atoms with Gasteiger partial charge < -0.3 is 19.6 Å². The second-order valence-corrected chi connectivity index (χ2v) is 6.19. The van der Waals surface area contributed by atoms with Gasteiger partial charge in [-0.05, 0) is 36.4 Å². The van der Waals surface area contributed by atoms with E-state index in [1.54, 1.807) is 24.5 Å². The smallest absolute Gasteiger partial charge is 0.268 e. The number of carbonyl (C=O) groups excluding carboxylic acids is 1. The third kappa shape index (κ3) is 3.83. The van der Waals surface area contributed by atoms with Crippen LogP contribution in [0, 0.1) is 0 Å². The van der Waals surface area contributed by atoms with Crippen LogP contribution in [0.3, 0.4) is 0 Å². The minimum absolute atomic E-state index is 0.102. The average molecular weight is 353 g/mol. The predicted octanol–water partition coefficient (Wildman–Crippen LogP) is 2.38. The van der Waals surface area contributed by atoms with Crippen LogP contribution in [0.2, 0.25) is 0 Å².